The second-order valence-electron chi connectivity index (χ2n) is 6.48. The van der Waals surface area contributed by atoms with Gasteiger partial charge in [-0.05, 0) is 37.5 Å². The molecule has 3 aliphatic rings. The van der Waals surface area contributed by atoms with Gasteiger partial charge in [-0.1, -0.05) is 0 Å². The van der Waals surface area contributed by atoms with Crippen LogP contribution in [0, 0.1) is 11.8 Å². The molecule has 0 aromatic carbocycles. The fourth-order valence-electron chi connectivity index (χ4n) is 3.02. The third-order valence-corrected chi connectivity index (χ3v) is 4.55. The highest BCUT2D eigenvalue weighted by atomic mass is 35.5. The van der Waals surface area contributed by atoms with Gasteiger partial charge in [-0.15, -0.1) is 12.4 Å². The third kappa shape index (κ3) is 3.18. The van der Waals surface area contributed by atoms with E-state index in [0.29, 0.717) is 5.92 Å². The van der Waals surface area contributed by atoms with Gasteiger partial charge in [-0.25, -0.2) is 4.98 Å². The van der Waals surface area contributed by atoms with Crippen molar-refractivity contribution < 1.29 is 4.74 Å². The van der Waals surface area contributed by atoms with Gasteiger partial charge < -0.3 is 14.6 Å². The maximum Gasteiger partial charge on any atom is 0.0952 e. The number of imidazole rings is 1. The van der Waals surface area contributed by atoms with Crippen molar-refractivity contribution in [2.75, 3.05) is 19.8 Å². The Bertz CT molecular complexity index is 454. The standard InChI is InChI=1S/C15H23N3O.ClH/c1-2-11(1)7-18-10-17-14-6-16-5-13(15(14)18)9-19-8-12-3-4-12;/h10-13,16H,1-9H2;1H. The van der Waals surface area contributed by atoms with Crippen molar-refractivity contribution in [2.45, 2.75) is 44.7 Å². The SMILES string of the molecule is Cl.c1nc2c(n1CC1CC1)C(COCC1CC1)CNC2. The van der Waals surface area contributed by atoms with Crippen LogP contribution in [0.15, 0.2) is 6.33 Å². The van der Waals surface area contributed by atoms with Crippen molar-refractivity contribution in [3.05, 3.63) is 17.7 Å². The minimum absolute atomic E-state index is 0. The Morgan fingerprint density at radius 1 is 1.20 bits per heavy atom. The molecule has 1 N–H and O–H groups in total. The average Bonchev–Trinajstić information content (AvgIpc) is 3.31. The van der Waals surface area contributed by atoms with Crippen LogP contribution < -0.4 is 5.32 Å². The van der Waals surface area contributed by atoms with Gasteiger partial charge in [0.15, 0.2) is 0 Å². The van der Waals surface area contributed by atoms with E-state index in [1.807, 2.05) is 6.33 Å². The zero-order valence-corrected chi connectivity index (χ0v) is 12.7. The van der Waals surface area contributed by atoms with Crippen molar-refractivity contribution in [2.24, 2.45) is 11.8 Å². The molecule has 2 fully saturated rings. The molecule has 1 aliphatic heterocycles. The van der Waals surface area contributed by atoms with Crippen molar-refractivity contribution in [3.63, 3.8) is 0 Å². The first-order valence-electron chi connectivity index (χ1n) is 7.72. The molecule has 112 valence electrons. The van der Waals surface area contributed by atoms with E-state index in [1.54, 1.807) is 0 Å². The number of fused-ring (bicyclic) bond motifs is 1. The summed E-state index contributed by atoms with van der Waals surface area (Å²) in [6, 6.07) is 0. The van der Waals surface area contributed by atoms with Crippen LogP contribution in [0.4, 0.5) is 0 Å². The summed E-state index contributed by atoms with van der Waals surface area (Å²) in [5, 5.41) is 3.47. The third-order valence-electron chi connectivity index (χ3n) is 4.55. The second kappa shape index (κ2) is 6.04. The normalized spacial score (nSPS) is 25.1. The van der Waals surface area contributed by atoms with E-state index in [1.165, 1.54) is 43.6 Å². The number of nitrogens with one attached hydrogen (secondary N) is 1. The molecule has 0 amide bonds. The molecule has 1 aromatic heterocycles. The average molecular weight is 298 g/mol. The maximum atomic E-state index is 5.92. The van der Waals surface area contributed by atoms with Crippen LogP contribution in [-0.2, 0) is 17.8 Å². The zero-order valence-electron chi connectivity index (χ0n) is 11.9. The topological polar surface area (TPSA) is 39.1 Å². The quantitative estimate of drug-likeness (QED) is 0.876. The van der Waals surface area contributed by atoms with E-state index < -0.39 is 0 Å². The van der Waals surface area contributed by atoms with E-state index in [9.17, 15) is 0 Å². The van der Waals surface area contributed by atoms with Crippen LogP contribution in [0.1, 0.15) is 43.0 Å². The fourth-order valence-corrected chi connectivity index (χ4v) is 3.02. The largest absolute Gasteiger partial charge is 0.380 e. The Hall–Kier alpha value is -0.580. The highest BCUT2D eigenvalue weighted by Crippen LogP contribution is 2.33. The molecule has 0 saturated heterocycles. The molecular weight excluding hydrogens is 274 g/mol. The van der Waals surface area contributed by atoms with Gasteiger partial charge in [-0.2, -0.15) is 0 Å². The lowest BCUT2D eigenvalue weighted by molar-refractivity contribution is 0.106. The van der Waals surface area contributed by atoms with Crippen LogP contribution in [0.5, 0.6) is 0 Å². The van der Waals surface area contributed by atoms with Gasteiger partial charge in [-0.3, -0.25) is 0 Å². The molecule has 0 radical (unpaired) electrons. The molecule has 4 nitrogen and oxygen atoms in total. The second-order valence-corrected chi connectivity index (χ2v) is 6.48. The molecule has 0 bridgehead atoms. The number of hydrogen-bond acceptors (Lipinski definition) is 3. The van der Waals surface area contributed by atoms with Crippen LogP contribution in [0.25, 0.3) is 0 Å². The van der Waals surface area contributed by atoms with Gasteiger partial charge >= 0.3 is 0 Å². The summed E-state index contributed by atoms with van der Waals surface area (Å²) in [4.78, 5) is 4.59. The Balaban J connectivity index is 0.00000121. The summed E-state index contributed by atoms with van der Waals surface area (Å²) in [6.07, 6.45) is 7.58. The van der Waals surface area contributed by atoms with Crippen LogP contribution in [0.3, 0.4) is 0 Å². The van der Waals surface area contributed by atoms with Crippen molar-refractivity contribution in [1.82, 2.24) is 14.9 Å². The fraction of sp³-hybridized carbons (Fsp3) is 0.800. The lowest BCUT2D eigenvalue weighted by atomic mass is 10.0. The molecule has 2 saturated carbocycles. The summed E-state index contributed by atoms with van der Waals surface area (Å²) in [5.74, 6) is 2.25. The number of halogens is 1. The zero-order chi connectivity index (χ0) is 12.7. The first kappa shape index (κ1) is 14.4. The highest BCUT2D eigenvalue weighted by Gasteiger charge is 2.29. The van der Waals surface area contributed by atoms with Gasteiger partial charge in [0.1, 0.15) is 0 Å². The summed E-state index contributed by atoms with van der Waals surface area (Å²) in [6.45, 7) is 4.94. The Kier molecular flexibility index (Phi) is 4.34. The van der Waals surface area contributed by atoms with Crippen molar-refractivity contribution in [3.8, 4) is 0 Å². The smallest absolute Gasteiger partial charge is 0.0952 e. The lowest BCUT2D eigenvalue weighted by Crippen LogP contribution is -2.32. The molecule has 5 heteroatoms. The molecule has 4 rings (SSSR count). The number of rotatable bonds is 6. The van der Waals surface area contributed by atoms with E-state index in [2.05, 4.69) is 14.9 Å². The molecule has 2 aliphatic carbocycles. The Morgan fingerprint density at radius 3 is 2.75 bits per heavy atom. The van der Waals surface area contributed by atoms with Crippen LogP contribution in [0.2, 0.25) is 0 Å². The molecule has 1 atom stereocenters. The molecule has 1 aromatic rings. The van der Waals surface area contributed by atoms with Gasteiger partial charge in [0.2, 0.25) is 0 Å². The van der Waals surface area contributed by atoms with Crippen LogP contribution >= 0.6 is 12.4 Å². The summed E-state index contributed by atoms with van der Waals surface area (Å²) in [7, 11) is 0. The highest BCUT2D eigenvalue weighted by molar-refractivity contribution is 5.85. The Labute approximate surface area is 126 Å². The van der Waals surface area contributed by atoms with Crippen LogP contribution in [-0.4, -0.2) is 29.3 Å². The van der Waals surface area contributed by atoms with Crippen molar-refractivity contribution >= 4 is 12.4 Å². The van der Waals surface area contributed by atoms with Crippen molar-refractivity contribution in [1.29, 1.82) is 0 Å². The van der Waals surface area contributed by atoms with Gasteiger partial charge in [0, 0.05) is 37.9 Å². The van der Waals surface area contributed by atoms with Gasteiger partial charge in [0.25, 0.3) is 0 Å². The summed E-state index contributed by atoms with van der Waals surface area (Å²) >= 11 is 0. The summed E-state index contributed by atoms with van der Waals surface area (Å²) < 4.78 is 8.32. The predicted octanol–water partition coefficient (Wildman–Crippen LogP) is 2.33. The van der Waals surface area contributed by atoms with E-state index in [-0.39, 0.29) is 12.4 Å². The maximum absolute atomic E-state index is 5.92. The van der Waals surface area contributed by atoms with E-state index in [4.69, 9.17) is 4.74 Å². The van der Waals surface area contributed by atoms with Gasteiger partial charge in [0.05, 0.1) is 18.6 Å². The predicted molar refractivity (Wildman–Crippen MR) is 80.2 cm³/mol. The molecule has 0 spiro atoms. The molecular formula is C15H24ClN3O. The number of hydrogen-bond donors (Lipinski definition) is 1. The minimum atomic E-state index is 0. The number of ether oxygens (including phenoxy) is 1. The summed E-state index contributed by atoms with van der Waals surface area (Å²) in [5.41, 5.74) is 2.69. The number of nitrogens with zero attached hydrogens (tertiary/aromatic N) is 2. The van der Waals surface area contributed by atoms with E-state index >= 15 is 0 Å². The molecule has 2 heterocycles. The monoisotopic (exact) mass is 297 g/mol. The van der Waals surface area contributed by atoms with E-state index in [0.717, 1.165) is 38.1 Å². The first-order chi connectivity index (χ1) is 9.40. The number of aromatic nitrogens is 2. The lowest BCUT2D eigenvalue weighted by Gasteiger charge is -2.25. The first-order valence-corrected chi connectivity index (χ1v) is 7.72. The molecule has 20 heavy (non-hydrogen) atoms. The minimum Gasteiger partial charge on any atom is -0.380 e. The molecule has 1 unspecified atom stereocenters. The Morgan fingerprint density at radius 2 is 2.00 bits per heavy atom.